The summed E-state index contributed by atoms with van der Waals surface area (Å²) >= 11 is 0. The van der Waals surface area contributed by atoms with Gasteiger partial charge < -0.3 is 10.7 Å². The lowest BCUT2D eigenvalue weighted by Crippen LogP contribution is -2.37. The Labute approximate surface area is 87.7 Å². The lowest BCUT2D eigenvalue weighted by molar-refractivity contribution is 0.301. The second kappa shape index (κ2) is 8.38. The van der Waals surface area contributed by atoms with E-state index < -0.39 is 0 Å². The van der Waals surface area contributed by atoms with E-state index in [4.69, 9.17) is 11.6 Å². The van der Waals surface area contributed by atoms with Crippen LogP contribution in [0.3, 0.4) is 0 Å². The van der Waals surface area contributed by atoms with E-state index in [1.807, 2.05) is 27.7 Å². The Morgan fingerprint density at radius 1 is 1.21 bits per heavy atom. The molecule has 0 saturated heterocycles. The van der Waals surface area contributed by atoms with Crippen LogP contribution in [0.2, 0.25) is 0 Å². The molecule has 0 unspecified atom stereocenters. The fraction of sp³-hybridized carbons (Fsp3) is 0.455. The van der Waals surface area contributed by atoms with Crippen molar-refractivity contribution in [1.29, 1.82) is 0 Å². The first-order valence-electron chi connectivity index (χ1n) is 4.83. The maximum absolute atomic E-state index is 5.72. The minimum Gasteiger partial charge on any atom is -0.397 e. The van der Waals surface area contributed by atoms with E-state index in [2.05, 4.69) is 13.2 Å². The Morgan fingerprint density at radius 2 is 1.64 bits per heavy atom. The third-order valence-corrected chi connectivity index (χ3v) is 1.54. The molecule has 0 aromatic rings. The highest BCUT2D eigenvalue weighted by Gasteiger charge is 2.07. The monoisotopic (exact) mass is 197 g/mol. The van der Waals surface area contributed by atoms with Crippen LogP contribution in [0.5, 0.6) is 0 Å². The summed E-state index contributed by atoms with van der Waals surface area (Å²) in [6.45, 7) is 15.1. The smallest absolute Gasteiger partial charge is 0.0743 e. The zero-order valence-corrected chi connectivity index (χ0v) is 9.75. The van der Waals surface area contributed by atoms with Crippen molar-refractivity contribution in [3.05, 3.63) is 36.7 Å². The summed E-state index contributed by atoms with van der Waals surface area (Å²) in [4.78, 5) is 0. The molecule has 0 saturated carbocycles. The third-order valence-electron chi connectivity index (χ3n) is 1.54. The van der Waals surface area contributed by atoms with Crippen LogP contribution >= 0.6 is 0 Å². The van der Waals surface area contributed by atoms with Gasteiger partial charge >= 0.3 is 0 Å². The first kappa shape index (κ1) is 15.3. The summed E-state index contributed by atoms with van der Waals surface area (Å²) in [6, 6.07) is 0.191. The first-order valence-corrected chi connectivity index (χ1v) is 4.83. The van der Waals surface area contributed by atoms with Crippen LogP contribution in [-0.4, -0.2) is 11.1 Å². The largest absolute Gasteiger partial charge is 0.397 e. The second-order valence-electron chi connectivity index (χ2n) is 2.75. The molecule has 0 heterocycles. The molecule has 4 N–H and O–H groups in total. The topological polar surface area (TPSA) is 55.3 Å². The highest BCUT2D eigenvalue weighted by Crippen LogP contribution is 2.07. The summed E-state index contributed by atoms with van der Waals surface area (Å²) in [7, 11) is 0. The quantitative estimate of drug-likeness (QED) is 0.412. The third kappa shape index (κ3) is 4.72. The molecule has 0 aliphatic rings. The van der Waals surface area contributed by atoms with Gasteiger partial charge in [0.15, 0.2) is 0 Å². The maximum Gasteiger partial charge on any atom is 0.0743 e. The van der Waals surface area contributed by atoms with Gasteiger partial charge in [-0.2, -0.15) is 0 Å². The van der Waals surface area contributed by atoms with Crippen LogP contribution < -0.4 is 11.6 Å². The maximum atomic E-state index is 5.72. The van der Waals surface area contributed by atoms with Gasteiger partial charge in [-0.15, -0.1) is 0 Å². The number of allylic oxidation sites excluding steroid dienone is 2. The van der Waals surface area contributed by atoms with E-state index in [0.717, 1.165) is 0 Å². The van der Waals surface area contributed by atoms with Crippen molar-refractivity contribution in [2.24, 2.45) is 11.6 Å². The Balaban J connectivity index is 0. The fourth-order valence-corrected chi connectivity index (χ4v) is 0.755. The van der Waals surface area contributed by atoms with Crippen molar-refractivity contribution in [2.45, 2.75) is 33.7 Å². The Bertz CT molecular complexity index is 205. The molecule has 0 fully saturated rings. The average molecular weight is 197 g/mol. The predicted octanol–water partition coefficient (Wildman–Crippen LogP) is 2.14. The fourth-order valence-electron chi connectivity index (χ4n) is 0.755. The summed E-state index contributed by atoms with van der Waals surface area (Å²) < 4.78 is 0. The molecular weight excluding hydrogens is 174 g/mol. The van der Waals surface area contributed by atoms with Crippen molar-refractivity contribution >= 4 is 0 Å². The Kier molecular flexibility index (Phi) is 9.14. The molecule has 14 heavy (non-hydrogen) atoms. The van der Waals surface area contributed by atoms with Crippen LogP contribution in [0.4, 0.5) is 0 Å². The van der Waals surface area contributed by atoms with E-state index in [-0.39, 0.29) is 6.04 Å². The van der Waals surface area contributed by atoms with Gasteiger partial charge in [-0.1, -0.05) is 27.0 Å². The lowest BCUT2D eigenvalue weighted by Gasteiger charge is -2.24. The van der Waals surface area contributed by atoms with Crippen LogP contribution in [0, 0.1) is 0 Å². The molecule has 3 heteroatoms. The molecule has 82 valence electrons. The van der Waals surface area contributed by atoms with Crippen molar-refractivity contribution in [3.63, 3.8) is 0 Å². The molecule has 0 rings (SSSR count). The van der Waals surface area contributed by atoms with Crippen molar-refractivity contribution in [3.8, 4) is 0 Å². The van der Waals surface area contributed by atoms with Crippen LogP contribution in [0.1, 0.15) is 27.7 Å². The van der Waals surface area contributed by atoms with Gasteiger partial charge in [0.25, 0.3) is 0 Å². The predicted molar refractivity (Wildman–Crippen MR) is 64.1 cm³/mol. The minimum atomic E-state index is 0.191. The molecule has 0 radical (unpaired) electrons. The van der Waals surface area contributed by atoms with Crippen LogP contribution in [0.25, 0.3) is 0 Å². The normalized spacial score (nSPS) is 11.0. The van der Waals surface area contributed by atoms with Gasteiger partial charge in [0.2, 0.25) is 0 Å². The summed E-state index contributed by atoms with van der Waals surface area (Å²) in [6.07, 6.45) is 3.18. The molecule has 0 amide bonds. The van der Waals surface area contributed by atoms with Gasteiger partial charge in [-0.3, -0.25) is 0 Å². The molecule has 0 aliphatic heterocycles. The lowest BCUT2D eigenvalue weighted by atomic mass is 10.2. The molecule has 0 spiro atoms. The molecule has 0 aromatic heterocycles. The summed E-state index contributed by atoms with van der Waals surface area (Å²) in [5, 5.41) is 1.56. The average Bonchev–Trinajstić information content (AvgIpc) is 2.21. The standard InChI is InChI=1S/C9H17N3.C2H6/c1-5-8(10)9(6-2)12(11)7(3)4;1-2/h5-7H,1-2,10-11H2,3-4H3;1-2H3/b9-8-;. The molecule has 0 aromatic carbocycles. The van der Waals surface area contributed by atoms with Gasteiger partial charge in [-0.25, -0.2) is 5.84 Å². The number of hydrogen-bond donors (Lipinski definition) is 2. The molecule has 0 aliphatic carbocycles. The Hall–Kier alpha value is -1.22. The Morgan fingerprint density at radius 3 is 1.86 bits per heavy atom. The molecule has 0 atom stereocenters. The van der Waals surface area contributed by atoms with Crippen molar-refractivity contribution in [2.75, 3.05) is 0 Å². The van der Waals surface area contributed by atoms with E-state index >= 15 is 0 Å². The first-order chi connectivity index (χ1) is 6.54. The summed E-state index contributed by atoms with van der Waals surface area (Å²) in [5.74, 6) is 5.72. The number of rotatable bonds is 4. The summed E-state index contributed by atoms with van der Waals surface area (Å²) in [5.41, 5.74) is 6.89. The highest BCUT2D eigenvalue weighted by molar-refractivity contribution is 5.27. The highest BCUT2D eigenvalue weighted by atomic mass is 15.4. The van der Waals surface area contributed by atoms with Gasteiger partial charge in [0.05, 0.1) is 11.4 Å². The molecule has 3 nitrogen and oxygen atoms in total. The van der Waals surface area contributed by atoms with Crippen LogP contribution in [-0.2, 0) is 0 Å². The van der Waals surface area contributed by atoms with Gasteiger partial charge in [0.1, 0.15) is 0 Å². The number of nitrogens with zero attached hydrogens (tertiary/aromatic N) is 1. The van der Waals surface area contributed by atoms with E-state index in [1.165, 1.54) is 0 Å². The number of nitrogens with two attached hydrogens (primary N) is 2. The molecular formula is C11H23N3. The van der Waals surface area contributed by atoms with Gasteiger partial charge in [0, 0.05) is 6.04 Å². The SMILES string of the molecule is C=C/C(N)=C(\C=C)N(N)C(C)C.CC. The molecule has 0 bridgehead atoms. The van der Waals surface area contributed by atoms with E-state index in [0.29, 0.717) is 11.4 Å². The second-order valence-corrected chi connectivity index (χ2v) is 2.75. The number of hydrazine groups is 1. The zero-order valence-electron chi connectivity index (χ0n) is 9.75. The van der Waals surface area contributed by atoms with Crippen LogP contribution in [0.15, 0.2) is 36.7 Å². The number of hydrogen-bond acceptors (Lipinski definition) is 3. The van der Waals surface area contributed by atoms with Gasteiger partial charge in [-0.05, 0) is 26.0 Å². The van der Waals surface area contributed by atoms with Crippen molar-refractivity contribution < 1.29 is 0 Å². The van der Waals surface area contributed by atoms with E-state index in [9.17, 15) is 0 Å². The van der Waals surface area contributed by atoms with E-state index in [1.54, 1.807) is 17.2 Å². The minimum absolute atomic E-state index is 0.191. The zero-order chi connectivity index (χ0) is 11.7. The van der Waals surface area contributed by atoms with Crippen molar-refractivity contribution in [1.82, 2.24) is 5.01 Å².